The van der Waals surface area contributed by atoms with Gasteiger partial charge in [-0.1, -0.05) is 12.1 Å². The Balaban J connectivity index is 2.77. The van der Waals surface area contributed by atoms with Gasteiger partial charge >= 0.3 is 0 Å². The Morgan fingerprint density at radius 2 is 2.00 bits per heavy atom. The molecular formula is C18H28N2O3. The van der Waals surface area contributed by atoms with Gasteiger partial charge in [0, 0.05) is 32.1 Å². The van der Waals surface area contributed by atoms with E-state index in [-0.39, 0.29) is 24.3 Å². The molecule has 0 radical (unpaired) electrons. The SMILES string of the molecule is CNC(=O)CC(C)N(C)C(=O)c1cccc(CCC(C)(C)O)c1. The molecule has 0 aliphatic carbocycles. The van der Waals surface area contributed by atoms with Crippen molar-refractivity contribution in [2.24, 2.45) is 0 Å². The van der Waals surface area contributed by atoms with Crippen molar-refractivity contribution in [1.29, 1.82) is 0 Å². The summed E-state index contributed by atoms with van der Waals surface area (Å²) in [5.41, 5.74) is 0.897. The van der Waals surface area contributed by atoms with Crippen LogP contribution in [0.3, 0.4) is 0 Å². The van der Waals surface area contributed by atoms with Crippen molar-refractivity contribution in [3.63, 3.8) is 0 Å². The van der Waals surface area contributed by atoms with Gasteiger partial charge in [-0.25, -0.2) is 0 Å². The molecule has 1 rings (SSSR count). The van der Waals surface area contributed by atoms with Crippen LogP contribution in [0.5, 0.6) is 0 Å². The number of nitrogens with one attached hydrogen (secondary N) is 1. The van der Waals surface area contributed by atoms with Gasteiger partial charge < -0.3 is 15.3 Å². The van der Waals surface area contributed by atoms with Gasteiger partial charge in [-0.15, -0.1) is 0 Å². The molecule has 5 heteroatoms. The average Bonchev–Trinajstić information content (AvgIpc) is 2.50. The molecule has 0 aliphatic heterocycles. The molecule has 2 N–H and O–H groups in total. The summed E-state index contributed by atoms with van der Waals surface area (Å²) in [6, 6.07) is 7.26. The van der Waals surface area contributed by atoms with Crippen LogP contribution in [0, 0.1) is 0 Å². The van der Waals surface area contributed by atoms with E-state index in [0.717, 1.165) is 5.56 Å². The highest BCUT2D eigenvalue weighted by Gasteiger charge is 2.20. The third-order valence-corrected chi connectivity index (χ3v) is 3.94. The molecule has 0 saturated heterocycles. The molecule has 0 aliphatic rings. The highest BCUT2D eigenvalue weighted by molar-refractivity contribution is 5.94. The second-order valence-electron chi connectivity index (χ2n) is 6.66. The van der Waals surface area contributed by atoms with Gasteiger partial charge in [-0.05, 0) is 51.3 Å². The molecule has 1 atom stereocenters. The van der Waals surface area contributed by atoms with Gasteiger partial charge in [0.05, 0.1) is 5.60 Å². The zero-order chi connectivity index (χ0) is 17.6. The summed E-state index contributed by atoms with van der Waals surface area (Å²) in [4.78, 5) is 25.6. The number of carbonyl (C=O) groups is 2. The molecule has 0 fully saturated rings. The van der Waals surface area contributed by atoms with E-state index in [4.69, 9.17) is 0 Å². The van der Waals surface area contributed by atoms with Gasteiger partial charge in [-0.2, -0.15) is 0 Å². The van der Waals surface area contributed by atoms with E-state index in [2.05, 4.69) is 5.32 Å². The molecule has 0 heterocycles. The molecule has 2 amide bonds. The molecule has 1 unspecified atom stereocenters. The van der Waals surface area contributed by atoms with Crippen LogP contribution >= 0.6 is 0 Å². The maximum Gasteiger partial charge on any atom is 0.253 e. The summed E-state index contributed by atoms with van der Waals surface area (Å²) in [6.45, 7) is 5.40. The topological polar surface area (TPSA) is 69.6 Å². The maximum absolute atomic E-state index is 12.6. The van der Waals surface area contributed by atoms with Crippen molar-refractivity contribution in [1.82, 2.24) is 10.2 Å². The monoisotopic (exact) mass is 320 g/mol. The maximum atomic E-state index is 12.6. The minimum Gasteiger partial charge on any atom is -0.390 e. The van der Waals surface area contributed by atoms with Gasteiger partial charge in [0.2, 0.25) is 5.91 Å². The Kier molecular flexibility index (Phi) is 6.76. The lowest BCUT2D eigenvalue weighted by Gasteiger charge is -2.24. The summed E-state index contributed by atoms with van der Waals surface area (Å²) < 4.78 is 0. The van der Waals surface area contributed by atoms with E-state index in [1.165, 1.54) is 0 Å². The number of nitrogens with zero attached hydrogens (tertiary/aromatic N) is 1. The van der Waals surface area contributed by atoms with Crippen LogP contribution in [0.4, 0.5) is 0 Å². The number of hydrogen-bond donors (Lipinski definition) is 2. The van der Waals surface area contributed by atoms with Crippen LogP contribution in [0.25, 0.3) is 0 Å². The molecule has 0 aromatic heterocycles. The first-order valence-corrected chi connectivity index (χ1v) is 7.93. The number of rotatable bonds is 7. The highest BCUT2D eigenvalue weighted by Crippen LogP contribution is 2.16. The second kappa shape index (κ2) is 8.11. The third-order valence-electron chi connectivity index (χ3n) is 3.94. The predicted octanol–water partition coefficient (Wildman–Crippen LogP) is 1.99. The van der Waals surface area contributed by atoms with Gasteiger partial charge in [0.1, 0.15) is 0 Å². The van der Waals surface area contributed by atoms with E-state index in [1.807, 2.05) is 25.1 Å². The first-order chi connectivity index (χ1) is 10.6. The number of hydrogen-bond acceptors (Lipinski definition) is 3. The van der Waals surface area contributed by atoms with Crippen LogP contribution in [-0.4, -0.2) is 47.6 Å². The lowest BCUT2D eigenvalue weighted by atomic mass is 9.97. The fraction of sp³-hybridized carbons (Fsp3) is 0.556. The fourth-order valence-corrected chi connectivity index (χ4v) is 2.22. The highest BCUT2D eigenvalue weighted by atomic mass is 16.3. The Hall–Kier alpha value is -1.88. The summed E-state index contributed by atoms with van der Waals surface area (Å²) >= 11 is 0. The van der Waals surface area contributed by atoms with E-state index >= 15 is 0 Å². The molecule has 23 heavy (non-hydrogen) atoms. The molecule has 128 valence electrons. The standard InChI is InChI=1S/C18H28N2O3/c1-13(11-16(21)19-4)20(5)17(22)15-8-6-7-14(12-15)9-10-18(2,3)23/h6-8,12-13,23H,9-11H2,1-5H3,(H,19,21). The van der Waals surface area contributed by atoms with Crippen molar-refractivity contribution < 1.29 is 14.7 Å². The van der Waals surface area contributed by atoms with Gasteiger partial charge in [0.15, 0.2) is 0 Å². The molecule has 5 nitrogen and oxygen atoms in total. The van der Waals surface area contributed by atoms with Crippen LogP contribution in [0.15, 0.2) is 24.3 Å². The Morgan fingerprint density at radius 1 is 1.35 bits per heavy atom. The quantitative estimate of drug-likeness (QED) is 0.807. The van der Waals surface area contributed by atoms with E-state index in [0.29, 0.717) is 18.4 Å². The lowest BCUT2D eigenvalue weighted by molar-refractivity contribution is -0.121. The summed E-state index contributed by atoms with van der Waals surface area (Å²) in [5, 5.41) is 12.4. The first-order valence-electron chi connectivity index (χ1n) is 7.93. The van der Waals surface area contributed by atoms with Crippen LogP contribution in [0.2, 0.25) is 0 Å². The normalized spacial score (nSPS) is 12.6. The van der Waals surface area contributed by atoms with Crippen LogP contribution < -0.4 is 5.32 Å². The second-order valence-corrected chi connectivity index (χ2v) is 6.66. The summed E-state index contributed by atoms with van der Waals surface area (Å²) in [7, 11) is 3.29. The Morgan fingerprint density at radius 3 is 2.57 bits per heavy atom. The van der Waals surface area contributed by atoms with Crippen LogP contribution in [-0.2, 0) is 11.2 Å². The fourth-order valence-electron chi connectivity index (χ4n) is 2.22. The van der Waals surface area contributed by atoms with Crippen molar-refractivity contribution in [3.05, 3.63) is 35.4 Å². The van der Waals surface area contributed by atoms with E-state index in [9.17, 15) is 14.7 Å². The molecule has 0 spiro atoms. The van der Waals surface area contributed by atoms with Crippen molar-refractivity contribution in [3.8, 4) is 0 Å². The number of carbonyl (C=O) groups excluding carboxylic acids is 2. The van der Waals surface area contributed by atoms with Crippen molar-refractivity contribution in [2.45, 2.75) is 51.7 Å². The molecule has 1 aromatic carbocycles. The number of aryl methyl sites for hydroxylation is 1. The largest absolute Gasteiger partial charge is 0.390 e. The summed E-state index contributed by atoms with van der Waals surface area (Å²) in [6.07, 6.45) is 1.62. The van der Waals surface area contributed by atoms with Crippen molar-refractivity contribution in [2.75, 3.05) is 14.1 Å². The first kappa shape index (κ1) is 19.2. The van der Waals surface area contributed by atoms with Gasteiger partial charge in [0.25, 0.3) is 5.91 Å². The van der Waals surface area contributed by atoms with E-state index < -0.39 is 5.60 Å². The number of aliphatic hydroxyl groups is 1. The minimum absolute atomic E-state index is 0.0870. The molecule has 0 saturated carbocycles. The average molecular weight is 320 g/mol. The van der Waals surface area contributed by atoms with Gasteiger partial charge in [-0.3, -0.25) is 9.59 Å². The Labute approximate surface area is 138 Å². The molecule has 0 bridgehead atoms. The minimum atomic E-state index is -0.723. The van der Waals surface area contributed by atoms with Crippen LogP contribution in [0.1, 0.15) is 49.5 Å². The molecule has 1 aromatic rings. The number of amides is 2. The number of benzene rings is 1. The summed E-state index contributed by atoms with van der Waals surface area (Å²) in [5.74, 6) is -0.192. The predicted molar refractivity (Wildman–Crippen MR) is 91.3 cm³/mol. The third kappa shape index (κ3) is 6.40. The smallest absolute Gasteiger partial charge is 0.253 e. The zero-order valence-corrected chi connectivity index (χ0v) is 14.7. The van der Waals surface area contributed by atoms with Crippen molar-refractivity contribution >= 4 is 11.8 Å². The Bertz CT molecular complexity index is 549. The lowest BCUT2D eigenvalue weighted by Crippen LogP contribution is -2.38. The zero-order valence-electron chi connectivity index (χ0n) is 14.7. The molecular weight excluding hydrogens is 292 g/mol. The van der Waals surface area contributed by atoms with E-state index in [1.54, 1.807) is 38.9 Å².